The van der Waals surface area contributed by atoms with Gasteiger partial charge in [0.1, 0.15) is 0 Å². The smallest absolute Gasteiger partial charge is 0.261 e. The van der Waals surface area contributed by atoms with E-state index in [1.807, 2.05) is 0 Å². The van der Waals surface area contributed by atoms with Gasteiger partial charge in [0, 0.05) is 18.6 Å². The molecule has 2 aliphatic heterocycles. The second-order valence-corrected chi connectivity index (χ2v) is 14.4. The fourth-order valence-corrected chi connectivity index (χ4v) is 10.3. The fourth-order valence-electron chi connectivity index (χ4n) is 10.3. The van der Waals surface area contributed by atoms with Crippen molar-refractivity contribution in [2.75, 3.05) is 26.4 Å². The van der Waals surface area contributed by atoms with Crippen LogP contribution >= 0.6 is 0 Å². The van der Waals surface area contributed by atoms with Gasteiger partial charge in [-0.1, -0.05) is 32.1 Å². The Bertz CT molecular complexity index is 1210. The summed E-state index contributed by atoms with van der Waals surface area (Å²) in [5.74, 6) is 1.54. The molecule has 0 radical (unpaired) electrons. The summed E-state index contributed by atoms with van der Waals surface area (Å²) < 4.78 is 17.7. The minimum atomic E-state index is -0.603. The van der Waals surface area contributed by atoms with Gasteiger partial charge in [-0.3, -0.25) is 14.5 Å². The van der Waals surface area contributed by atoms with Crippen LogP contribution < -0.4 is 0 Å². The molecule has 6 aliphatic rings. The molecule has 7 nitrogen and oxygen atoms in total. The Morgan fingerprint density at radius 2 is 1.67 bits per heavy atom. The van der Waals surface area contributed by atoms with E-state index >= 15 is 0 Å². The summed E-state index contributed by atoms with van der Waals surface area (Å²) in [4.78, 5) is 26.7. The summed E-state index contributed by atoms with van der Waals surface area (Å²) in [5, 5.41) is 12.4. The van der Waals surface area contributed by atoms with Crippen LogP contribution in [0.4, 0.5) is 0 Å². The van der Waals surface area contributed by atoms with E-state index in [1.54, 1.807) is 24.3 Å². The molecule has 1 aromatic rings. The highest BCUT2D eigenvalue weighted by molar-refractivity contribution is 6.21. The molecule has 2 heterocycles. The molecule has 0 aromatic heterocycles. The van der Waals surface area contributed by atoms with E-state index in [0.717, 1.165) is 51.4 Å². The lowest BCUT2D eigenvalue weighted by atomic mass is 9.43. The van der Waals surface area contributed by atoms with Crippen molar-refractivity contribution in [3.8, 4) is 0 Å². The van der Waals surface area contributed by atoms with Gasteiger partial charge in [0.05, 0.1) is 36.0 Å². The maximum Gasteiger partial charge on any atom is 0.261 e. The average molecular weight is 578 g/mol. The molecule has 1 saturated heterocycles. The molecule has 228 valence electrons. The van der Waals surface area contributed by atoms with Crippen molar-refractivity contribution in [3.05, 3.63) is 47.5 Å². The molecule has 2 amide bonds. The van der Waals surface area contributed by atoms with Gasteiger partial charge < -0.3 is 19.3 Å². The van der Waals surface area contributed by atoms with Crippen LogP contribution in [0.3, 0.4) is 0 Å². The largest absolute Gasteiger partial charge is 0.389 e. The van der Waals surface area contributed by atoms with Crippen molar-refractivity contribution < 1.29 is 28.9 Å². The normalized spacial score (nSPS) is 41.7. The number of fused-ring (bicyclic) bond motifs is 6. The van der Waals surface area contributed by atoms with Crippen LogP contribution in [0.1, 0.15) is 98.8 Å². The molecule has 42 heavy (non-hydrogen) atoms. The van der Waals surface area contributed by atoms with Crippen molar-refractivity contribution in [2.24, 2.45) is 34.5 Å². The molecule has 1 N–H and O–H groups in total. The van der Waals surface area contributed by atoms with Gasteiger partial charge >= 0.3 is 0 Å². The van der Waals surface area contributed by atoms with Crippen LogP contribution in [-0.4, -0.2) is 66.2 Å². The molecule has 7 rings (SSSR count). The number of hydrogen-bond acceptors (Lipinski definition) is 6. The molecule has 0 bridgehead atoms. The van der Waals surface area contributed by atoms with E-state index in [-0.39, 0.29) is 35.0 Å². The van der Waals surface area contributed by atoms with Gasteiger partial charge in [-0.25, -0.2) is 0 Å². The van der Waals surface area contributed by atoms with Crippen molar-refractivity contribution in [2.45, 2.75) is 96.1 Å². The molecule has 4 saturated carbocycles. The van der Waals surface area contributed by atoms with Crippen LogP contribution in [0.5, 0.6) is 0 Å². The average Bonchev–Trinajstić information content (AvgIpc) is 3.67. The number of aliphatic hydroxyl groups is 1. The Labute approximate surface area is 250 Å². The highest BCUT2D eigenvalue weighted by atomic mass is 16.7. The fraction of sp³-hybridized carbons (Fsp3) is 0.714. The number of carbonyl (C=O) groups is 2. The molecule has 2 unspecified atom stereocenters. The molecule has 7 heteroatoms. The Morgan fingerprint density at radius 1 is 0.929 bits per heavy atom. The Balaban J connectivity index is 0.940. The Kier molecular flexibility index (Phi) is 7.40. The Morgan fingerprint density at radius 3 is 2.40 bits per heavy atom. The third-order valence-electron chi connectivity index (χ3n) is 12.8. The Hall–Kier alpha value is -2.06. The van der Waals surface area contributed by atoms with Crippen LogP contribution in [0.2, 0.25) is 0 Å². The van der Waals surface area contributed by atoms with Gasteiger partial charge in [-0.2, -0.15) is 0 Å². The van der Waals surface area contributed by atoms with E-state index < -0.39 is 5.60 Å². The standard InChI is InChI=1S/C35H47NO6/c1-33-15-13-25(40-19-5-18-36-31(37)26-6-3-4-7-27(26)32(36)38)22-24(33)8-10-29-28(33)14-16-34(2)23(12-17-35(29,34)39)9-11-30-41-20-21-42-30/h3-4,6-7,9,11,23-25,28-30,39H,5,8,10,12-22H2,1-2H3/b11-9+/t23-,24?,25?,28-,29+,33-,34+,35+/m0/s1. The zero-order chi connectivity index (χ0) is 29.1. The number of imide groups is 1. The summed E-state index contributed by atoms with van der Waals surface area (Å²) in [6, 6.07) is 7.07. The molecule has 4 aliphatic carbocycles. The lowest BCUT2D eigenvalue weighted by molar-refractivity contribution is -0.209. The number of ether oxygens (including phenoxy) is 3. The minimum Gasteiger partial charge on any atom is -0.389 e. The number of nitrogens with zero attached hydrogens (tertiary/aromatic N) is 1. The zero-order valence-corrected chi connectivity index (χ0v) is 25.3. The van der Waals surface area contributed by atoms with Gasteiger partial charge in [-0.05, 0) is 112 Å². The third-order valence-corrected chi connectivity index (χ3v) is 12.8. The number of rotatable bonds is 7. The third kappa shape index (κ3) is 4.44. The molecular formula is C35H47NO6. The first-order valence-corrected chi connectivity index (χ1v) is 16.5. The monoisotopic (exact) mass is 577 g/mol. The molecule has 1 aromatic carbocycles. The van der Waals surface area contributed by atoms with Crippen molar-refractivity contribution in [3.63, 3.8) is 0 Å². The summed E-state index contributed by atoms with van der Waals surface area (Å²) in [6.07, 6.45) is 14.8. The van der Waals surface area contributed by atoms with Crippen LogP contribution in [0.25, 0.3) is 0 Å². The van der Waals surface area contributed by atoms with Gasteiger partial charge in [-0.15, -0.1) is 0 Å². The maximum atomic E-state index is 12.7. The second-order valence-electron chi connectivity index (χ2n) is 14.4. The lowest BCUT2D eigenvalue weighted by Crippen LogP contribution is -2.62. The number of carbonyl (C=O) groups excluding carboxylic acids is 2. The van der Waals surface area contributed by atoms with Crippen LogP contribution in [0, 0.1) is 34.5 Å². The van der Waals surface area contributed by atoms with Crippen LogP contribution in [0.15, 0.2) is 36.4 Å². The number of hydrogen-bond donors (Lipinski definition) is 1. The number of benzene rings is 1. The highest BCUT2D eigenvalue weighted by Crippen LogP contribution is 2.69. The van der Waals surface area contributed by atoms with Gasteiger partial charge in [0.25, 0.3) is 11.8 Å². The topological polar surface area (TPSA) is 85.3 Å². The summed E-state index contributed by atoms with van der Waals surface area (Å²) in [6.45, 7) is 7.15. The van der Waals surface area contributed by atoms with Gasteiger partial charge in [0.15, 0.2) is 6.29 Å². The van der Waals surface area contributed by atoms with Gasteiger partial charge in [0.2, 0.25) is 0 Å². The second kappa shape index (κ2) is 10.8. The molecule has 8 atom stereocenters. The SMILES string of the molecule is C[C@]12CCC(OCCCN3C(=O)c4ccccc4C3=O)CC1CC[C@@H]1[C@@H]2CC[C@]2(C)[C@@H](/C=C/C3OCCO3)CC[C@@]12O. The van der Waals surface area contributed by atoms with Crippen molar-refractivity contribution >= 4 is 11.8 Å². The number of allylic oxidation sites excluding steroid dienone is 1. The quantitative estimate of drug-likeness (QED) is 0.252. The predicted molar refractivity (Wildman–Crippen MR) is 158 cm³/mol. The summed E-state index contributed by atoms with van der Waals surface area (Å²) in [7, 11) is 0. The number of amides is 2. The molecular weight excluding hydrogens is 530 g/mol. The van der Waals surface area contributed by atoms with Crippen molar-refractivity contribution in [1.82, 2.24) is 4.90 Å². The van der Waals surface area contributed by atoms with E-state index in [0.29, 0.717) is 67.6 Å². The van der Waals surface area contributed by atoms with E-state index in [4.69, 9.17) is 14.2 Å². The van der Waals surface area contributed by atoms with E-state index in [2.05, 4.69) is 26.0 Å². The van der Waals surface area contributed by atoms with Crippen molar-refractivity contribution in [1.29, 1.82) is 0 Å². The highest BCUT2D eigenvalue weighted by Gasteiger charge is 2.66. The maximum absolute atomic E-state index is 12.7. The minimum absolute atomic E-state index is 0.0910. The lowest BCUT2D eigenvalue weighted by Gasteiger charge is -2.63. The first kappa shape index (κ1) is 28.7. The summed E-state index contributed by atoms with van der Waals surface area (Å²) in [5.41, 5.74) is 0.576. The zero-order valence-electron chi connectivity index (χ0n) is 25.3. The van der Waals surface area contributed by atoms with E-state index in [9.17, 15) is 14.7 Å². The first-order chi connectivity index (χ1) is 20.2. The van der Waals surface area contributed by atoms with E-state index in [1.165, 1.54) is 11.3 Å². The molecule has 5 fully saturated rings. The molecule has 0 spiro atoms. The first-order valence-electron chi connectivity index (χ1n) is 16.5. The summed E-state index contributed by atoms with van der Waals surface area (Å²) >= 11 is 0. The predicted octanol–water partition coefficient (Wildman–Crippen LogP) is 5.76. The van der Waals surface area contributed by atoms with Crippen LogP contribution in [-0.2, 0) is 14.2 Å².